The molecule has 0 heteroatoms. The average molecular weight is 375 g/mol. The highest BCUT2D eigenvalue weighted by Gasteiger charge is 2.17. The predicted molar refractivity (Wildman–Crippen MR) is 126 cm³/mol. The smallest absolute Gasteiger partial charge is 0.0314 e. The first-order valence-electron chi connectivity index (χ1n) is 12.1. The first-order chi connectivity index (χ1) is 13.3. The van der Waals surface area contributed by atoms with E-state index in [0.29, 0.717) is 5.92 Å². The summed E-state index contributed by atoms with van der Waals surface area (Å²) >= 11 is 0. The maximum absolute atomic E-state index is 3.97. The molecule has 0 saturated heterocycles. The van der Waals surface area contributed by atoms with Crippen LogP contribution in [0.2, 0.25) is 0 Å². The van der Waals surface area contributed by atoms with Gasteiger partial charge in [0.15, 0.2) is 0 Å². The number of rotatable bonds is 22. The second kappa shape index (κ2) is 21.5. The highest BCUT2D eigenvalue weighted by Crippen LogP contribution is 2.29. The van der Waals surface area contributed by atoms with Crippen molar-refractivity contribution >= 4 is 0 Å². The van der Waals surface area contributed by atoms with Crippen LogP contribution < -0.4 is 0 Å². The second-order valence-electron chi connectivity index (χ2n) is 8.48. The molecule has 0 aliphatic rings. The number of unbranched alkanes of at least 4 members (excludes halogenated alkanes) is 13. The van der Waals surface area contributed by atoms with Gasteiger partial charge in [0.1, 0.15) is 0 Å². The molecule has 0 heterocycles. The van der Waals surface area contributed by atoms with E-state index >= 15 is 0 Å². The van der Waals surface area contributed by atoms with Crippen LogP contribution in [0.1, 0.15) is 122 Å². The minimum atomic E-state index is 0.708. The molecule has 0 radical (unpaired) electrons. The molecule has 0 bridgehead atoms. The molecule has 0 amide bonds. The summed E-state index contributed by atoms with van der Waals surface area (Å²) in [5.41, 5.74) is 0. The highest BCUT2D eigenvalue weighted by molar-refractivity contribution is 4.86. The van der Waals surface area contributed by atoms with Crippen molar-refractivity contribution in [3.8, 4) is 0 Å². The van der Waals surface area contributed by atoms with Gasteiger partial charge in [0.2, 0.25) is 0 Å². The Morgan fingerprint density at radius 3 is 1.19 bits per heavy atom. The highest BCUT2D eigenvalue weighted by atomic mass is 14.2. The van der Waals surface area contributed by atoms with Gasteiger partial charge in [-0.3, -0.25) is 0 Å². The molecular weight excluding hydrogens is 324 g/mol. The molecule has 158 valence electrons. The third-order valence-electron chi connectivity index (χ3n) is 6.00. The van der Waals surface area contributed by atoms with Gasteiger partial charge in [-0.2, -0.15) is 0 Å². The Morgan fingerprint density at radius 2 is 0.815 bits per heavy atom. The predicted octanol–water partition coefficient (Wildman–Crippen LogP) is 9.82. The van der Waals surface area contributed by atoms with E-state index in [9.17, 15) is 0 Å². The lowest BCUT2D eigenvalue weighted by atomic mass is 9.81. The molecule has 1 unspecified atom stereocenters. The molecule has 0 nitrogen and oxygen atoms in total. The summed E-state index contributed by atoms with van der Waals surface area (Å²) in [7, 11) is 0. The van der Waals surface area contributed by atoms with Gasteiger partial charge in [0, 0.05) is 0 Å². The molecule has 0 aromatic heterocycles. The maximum atomic E-state index is 3.97. The fraction of sp³-hybridized carbons (Fsp3) is 0.778. The second-order valence-corrected chi connectivity index (χ2v) is 8.48. The molecule has 0 aromatic rings. The van der Waals surface area contributed by atoms with Crippen LogP contribution in [0.25, 0.3) is 0 Å². The van der Waals surface area contributed by atoms with Gasteiger partial charge in [-0.25, -0.2) is 0 Å². The van der Waals surface area contributed by atoms with E-state index in [2.05, 4.69) is 44.9 Å². The first kappa shape index (κ1) is 26.2. The van der Waals surface area contributed by atoms with Crippen LogP contribution in [0.4, 0.5) is 0 Å². The van der Waals surface area contributed by atoms with Crippen LogP contribution in [0.15, 0.2) is 38.0 Å². The summed E-state index contributed by atoms with van der Waals surface area (Å²) in [6.07, 6.45) is 31.1. The Bertz CT molecular complexity index is 317. The molecule has 0 aliphatic carbocycles. The Kier molecular flexibility index (Phi) is 20.9. The largest absolute Gasteiger partial charge is 0.103 e. The van der Waals surface area contributed by atoms with Gasteiger partial charge < -0.3 is 0 Å². The molecule has 0 aliphatic heterocycles. The minimum Gasteiger partial charge on any atom is -0.103 e. The van der Waals surface area contributed by atoms with E-state index in [1.165, 1.54) is 96.3 Å². The van der Waals surface area contributed by atoms with Crippen molar-refractivity contribution in [2.24, 2.45) is 11.8 Å². The lowest BCUT2D eigenvalue weighted by Crippen LogP contribution is -2.13. The molecule has 0 saturated carbocycles. The summed E-state index contributed by atoms with van der Waals surface area (Å²) in [4.78, 5) is 0. The monoisotopic (exact) mass is 374 g/mol. The topological polar surface area (TPSA) is 0 Å². The Morgan fingerprint density at radius 1 is 0.481 bits per heavy atom. The molecule has 0 spiro atoms. The maximum Gasteiger partial charge on any atom is -0.0314 e. The molecular formula is C27H50. The van der Waals surface area contributed by atoms with Crippen molar-refractivity contribution in [1.82, 2.24) is 0 Å². The van der Waals surface area contributed by atoms with E-state index in [-0.39, 0.29) is 0 Å². The minimum absolute atomic E-state index is 0.708. The molecule has 27 heavy (non-hydrogen) atoms. The van der Waals surface area contributed by atoms with Crippen molar-refractivity contribution in [3.05, 3.63) is 38.0 Å². The third kappa shape index (κ3) is 17.1. The first-order valence-corrected chi connectivity index (χ1v) is 12.1. The molecule has 1 atom stereocenters. The summed E-state index contributed by atoms with van der Waals surface area (Å²) in [6, 6.07) is 0. The van der Waals surface area contributed by atoms with E-state index in [4.69, 9.17) is 0 Å². The van der Waals surface area contributed by atoms with Gasteiger partial charge in [0.25, 0.3) is 0 Å². The summed E-state index contributed by atoms with van der Waals surface area (Å²) in [5.74, 6) is 1.47. The zero-order valence-corrected chi connectivity index (χ0v) is 18.7. The number of hydrogen-bond donors (Lipinski definition) is 0. The summed E-state index contributed by atoms with van der Waals surface area (Å²) in [6.45, 7) is 14.1. The average Bonchev–Trinajstić information content (AvgIpc) is 2.67. The number of hydrogen-bond acceptors (Lipinski definition) is 0. The van der Waals surface area contributed by atoms with Crippen molar-refractivity contribution in [1.29, 1.82) is 0 Å². The quantitative estimate of drug-likeness (QED) is 0.131. The van der Waals surface area contributed by atoms with Crippen molar-refractivity contribution in [2.45, 2.75) is 122 Å². The molecule has 0 fully saturated rings. The summed E-state index contributed by atoms with van der Waals surface area (Å²) < 4.78 is 0. The molecule has 0 aromatic carbocycles. The van der Waals surface area contributed by atoms with Gasteiger partial charge in [0.05, 0.1) is 0 Å². The van der Waals surface area contributed by atoms with Crippen LogP contribution in [-0.4, -0.2) is 0 Å². The van der Waals surface area contributed by atoms with Gasteiger partial charge in [-0.15, -0.1) is 19.7 Å². The normalized spacial score (nSPS) is 12.2. The lowest BCUT2D eigenvalue weighted by molar-refractivity contribution is 0.308. The van der Waals surface area contributed by atoms with Gasteiger partial charge >= 0.3 is 0 Å². The van der Waals surface area contributed by atoms with Gasteiger partial charge in [-0.05, 0) is 37.5 Å². The van der Waals surface area contributed by atoms with E-state index in [0.717, 1.165) is 25.2 Å². The standard InChI is InChI=1S/C27H50/c1-5-9-10-11-12-13-14-15-16-17-18-19-20-21-25-27(24-8-4)26(22-6-2)23-7-3/h6-8,26-27H,2-5,9-25H2,1H3. The number of allylic oxidation sites excluding steroid dienone is 3. The van der Waals surface area contributed by atoms with E-state index in [1.54, 1.807) is 0 Å². The van der Waals surface area contributed by atoms with Crippen LogP contribution >= 0.6 is 0 Å². The zero-order chi connectivity index (χ0) is 20.0. The van der Waals surface area contributed by atoms with Crippen LogP contribution in [-0.2, 0) is 0 Å². The van der Waals surface area contributed by atoms with Crippen molar-refractivity contribution < 1.29 is 0 Å². The fourth-order valence-electron chi connectivity index (χ4n) is 4.27. The lowest BCUT2D eigenvalue weighted by Gasteiger charge is -2.24. The van der Waals surface area contributed by atoms with Crippen molar-refractivity contribution in [3.63, 3.8) is 0 Å². The Balaban J connectivity index is 3.57. The van der Waals surface area contributed by atoms with Crippen LogP contribution in [0.3, 0.4) is 0 Å². The zero-order valence-electron chi connectivity index (χ0n) is 18.7. The van der Waals surface area contributed by atoms with Crippen LogP contribution in [0.5, 0.6) is 0 Å². The van der Waals surface area contributed by atoms with E-state index < -0.39 is 0 Å². The van der Waals surface area contributed by atoms with Crippen LogP contribution in [0, 0.1) is 11.8 Å². The molecule has 0 N–H and O–H groups in total. The van der Waals surface area contributed by atoms with E-state index in [1.807, 2.05) is 0 Å². The third-order valence-corrected chi connectivity index (χ3v) is 6.00. The Hall–Kier alpha value is -0.780. The SMILES string of the molecule is C=CCC(CC=C)C(CC=C)CCCCCCCCCCCCCCCC. The van der Waals surface area contributed by atoms with Gasteiger partial charge in [-0.1, -0.05) is 115 Å². The van der Waals surface area contributed by atoms with Crippen molar-refractivity contribution in [2.75, 3.05) is 0 Å². The Labute approximate surface area is 172 Å². The molecule has 0 rings (SSSR count). The summed E-state index contributed by atoms with van der Waals surface area (Å²) in [5, 5.41) is 0. The fourth-order valence-corrected chi connectivity index (χ4v) is 4.27.